The lowest BCUT2D eigenvalue weighted by Crippen LogP contribution is -2.30. The van der Waals surface area contributed by atoms with E-state index < -0.39 is 0 Å². The lowest BCUT2D eigenvalue weighted by molar-refractivity contribution is 0.353. The molecular weight excluding hydrogens is 272 g/mol. The molecule has 0 saturated heterocycles. The minimum Gasteiger partial charge on any atom is -0.493 e. The summed E-state index contributed by atoms with van der Waals surface area (Å²) in [5, 5.41) is 0. The van der Waals surface area contributed by atoms with E-state index in [2.05, 4.69) is 15.4 Å². The fraction of sp³-hybridized carbons (Fsp3) is 0.286. The van der Waals surface area contributed by atoms with Gasteiger partial charge in [-0.05, 0) is 17.7 Å². The third-order valence-corrected chi connectivity index (χ3v) is 3.07. The summed E-state index contributed by atoms with van der Waals surface area (Å²) < 4.78 is 15.8. The van der Waals surface area contributed by atoms with Gasteiger partial charge in [0, 0.05) is 12.4 Å². The van der Waals surface area contributed by atoms with Gasteiger partial charge in [0.25, 0.3) is 0 Å². The van der Waals surface area contributed by atoms with Crippen molar-refractivity contribution in [3.63, 3.8) is 0 Å². The number of hydrogen-bond donors (Lipinski definition) is 2. The number of nitrogens with one attached hydrogen (secondary N) is 1. The molecule has 7 nitrogen and oxygen atoms in total. The van der Waals surface area contributed by atoms with Gasteiger partial charge >= 0.3 is 0 Å². The number of benzene rings is 1. The van der Waals surface area contributed by atoms with Gasteiger partial charge in [-0.2, -0.15) is 0 Å². The molecule has 0 spiro atoms. The average Bonchev–Trinajstić information content (AvgIpc) is 2.55. The summed E-state index contributed by atoms with van der Waals surface area (Å²) in [7, 11) is 4.70. The van der Waals surface area contributed by atoms with E-state index in [1.807, 2.05) is 12.1 Å². The molecule has 3 N–H and O–H groups in total. The van der Waals surface area contributed by atoms with Crippen LogP contribution in [0.15, 0.2) is 30.6 Å². The normalized spacial score (nSPS) is 11.8. The molecule has 0 fully saturated rings. The molecule has 7 heteroatoms. The molecule has 1 heterocycles. The second-order valence-corrected chi connectivity index (χ2v) is 4.16. The summed E-state index contributed by atoms with van der Waals surface area (Å²) >= 11 is 0. The van der Waals surface area contributed by atoms with Crippen LogP contribution in [0.1, 0.15) is 17.3 Å². The zero-order chi connectivity index (χ0) is 15.2. The molecule has 1 aromatic carbocycles. The van der Waals surface area contributed by atoms with Crippen LogP contribution in [0.5, 0.6) is 17.4 Å². The third kappa shape index (κ3) is 3.04. The van der Waals surface area contributed by atoms with Crippen LogP contribution in [0.3, 0.4) is 0 Å². The highest BCUT2D eigenvalue weighted by molar-refractivity contribution is 5.46. The van der Waals surface area contributed by atoms with Crippen LogP contribution >= 0.6 is 0 Å². The average molecular weight is 290 g/mol. The van der Waals surface area contributed by atoms with E-state index in [1.54, 1.807) is 32.7 Å². The summed E-state index contributed by atoms with van der Waals surface area (Å²) in [6.45, 7) is 0. The highest BCUT2D eigenvalue weighted by atomic mass is 16.5. The molecule has 0 radical (unpaired) electrons. The molecule has 0 aliphatic heterocycles. The van der Waals surface area contributed by atoms with Gasteiger partial charge < -0.3 is 14.2 Å². The summed E-state index contributed by atoms with van der Waals surface area (Å²) in [5.74, 6) is 7.34. The summed E-state index contributed by atoms with van der Waals surface area (Å²) in [4.78, 5) is 8.42. The van der Waals surface area contributed by atoms with E-state index in [4.69, 9.17) is 20.1 Å². The Bertz CT molecular complexity index is 607. The first-order chi connectivity index (χ1) is 10.2. The van der Waals surface area contributed by atoms with Crippen molar-refractivity contribution in [2.75, 3.05) is 21.3 Å². The number of nitrogens with two attached hydrogens (primary N) is 1. The van der Waals surface area contributed by atoms with E-state index in [9.17, 15) is 0 Å². The number of methoxy groups -OCH3 is 3. The number of hydrogen-bond acceptors (Lipinski definition) is 7. The van der Waals surface area contributed by atoms with Crippen molar-refractivity contribution in [3.05, 3.63) is 41.9 Å². The van der Waals surface area contributed by atoms with Gasteiger partial charge in [0.05, 0.1) is 27.4 Å². The minimum absolute atomic E-state index is 0.381. The number of ether oxygens (including phenoxy) is 3. The van der Waals surface area contributed by atoms with E-state index in [0.29, 0.717) is 23.1 Å². The molecule has 0 bridgehead atoms. The summed E-state index contributed by atoms with van der Waals surface area (Å²) in [6, 6.07) is 5.13. The predicted molar refractivity (Wildman–Crippen MR) is 77.3 cm³/mol. The van der Waals surface area contributed by atoms with E-state index >= 15 is 0 Å². The standard InChI is InChI=1S/C14H18N4O3/c1-19-10-5-4-9(8-11(10)20-2)12(18-15)13-14(21-3)17-7-6-16-13/h4-8,12,18H,15H2,1-3H3. The van der Waals surface area contributed by atoms with Crippen LogP contribution in [0.25, 0.3) is 0 Å². The van der Waals surface area contributed by atoms with E-state index in [0.717, 1.165) is 5.56 Å². The Morgan fingerprint density at radius 3 is 2.33 bits per heavy atom. The second-order valence-electron chi connectivity index (χ2n) is 4.16. The third-order valence-electron chi connectivity index (χ3n) is 3.07. The minimum atomic E-state index is -0.381. The molecular formula is C14H18N4O3. The Labute approximate surface area is 123 Å². The molecule has 1 unspecified atom stereocenters. The molecule has 0 aliphatic carbocycles. The summed E-state index contributed by atoms with van der Waals surface area (Å²) in [6.07, 6.45) is 3.15. The SMILES string of the molecule is COc1ccc(C(NN)c2nccnc2OC)cc1OC. The molecule has 0 amide bonds. The lowest BCUT2D eigenvalue weighted by Gasteiger charge is -2.18. The topological polar surface area (TPSA) is 91.5 Å². The van der Waals surface area contributed by atoms with Gasteiger partial charge in [0.1, 0.15) is 5.69 Å². The van der Waals surface area contributed by atoms with E-state index in [-0.39, 0.29) is 6.04 Å². The van der Waals surface area contributed by atoms with Crippen molar-refractivity contribution in [2.45, 2.75) is 6.04 Å². The molecule has 21 heavy (non-hydrogen) atoms. The maximum absolute atomic E-state index is 5.68. The Morgan fingerprint density at radius 1 is 1.00 bits per heavy atom. The van der Waals surface area contributed by atoms with E-state index in [1.165, 1.54) is 7.11 Å². The van der Waals surface area contributed by atoms with Crippen molar-refractivity contribution >= 4 is 0 Å². The summed E-state index contributed by atoms with van der Waals surface area (Å²) in [5.41, 5.74) is 4.17. The highest BCUT2D eigenvalue weighted by Gasteiger charge is 2.20. The van der Waals surface area contributed by atoms with Crippen LogP contribution in [0, 0.1) is 0 Å². The number of rotatable bonds is 6. The number of aromatic nitrogens is 2. The quantitative estimate of drug-likeness (QED) is 0.607. The molecule has 2 rings (SSSR count). The van der Waals surface area contributed by atoms with Crippen LogP contribution in [-0.4, -0.2) is 31.3 Å². The zero-order valence-corrected chi connectivity index (χ0v) is 12.2. The Balaban J connectivity index is 2.46. The van der Waals surface area contributed by atoms with Gasteiger partial charge in [-0.15, -0.1) is 0 Å². The first-order valence-electron chi connectivity index (χ1n) is 6.28. The van der Waals surface area contributed by atoms with Crippen molar-refractivity contribution in [1.82, 2.24) is 15.4 Å². The monoisotopic (exact) mass is 290 g/mol. The largest absolute Gasteiger partial charge is 0.493 e. The maximum Gasteiger partial charge on any atom is 0.237 e. The molecule has 2 aromatic rings. The smallest absolute Gasteiger partial charge is 0.237 e. The highest BCUT2D eigenvalue weighted by Crippen LogP contribution is 2.33. The van der Waals surface area contributed by atoms with Gasteiger partial charge in [-0.25, -0.2) is 10.4 Å². The number of nitrogens with zero attached hydrogens (tertiary/aromatic N) is 2. The molecule has 1 aromatic heterocycles. The van der Waals surface area contributed by atoms with Crippen molar-refractivity contribution < 1.29 is 14.2 Å². The van der Waals surface area contributed by atoms with Gasteiger partial charge in [-0.3, -0.25) is 10.8 Å². The fourth-order valence-corrected chi connectivity index (χ4v) is 2.06. The molecule has 1 atom stereocenters. The Morgan fingerprint density at radius 2 is 1.71 bits per heavy atom. The van der Waals surface area contributed by atoms with Crippen LogP contribution in [-0.2, 0) is 0 Å². The first-order valence-corrected chi connectivity index (χ1v) is 6.28. The molecule has 112 valence electrons. The predicted octanol–water partition coefficient (Wildman–Crippen LogP) is 1.06. The van der Waals surface area contributed by atoms with Crippen molar-refractivity contribution in [2.24, 2.45) is 5.84 Å². The Kier molecular flexibility index (Phi) is 4.91. The molecule has 0 saturated carbocycles. The zero-order valence-electron chi connectivity index (χ0n) is 12.2. The van der Waals surface area contributed by atoms with Crippen LogP contribution < -0.4 is 25.5 Å². The van der Waals surface area contributed by atoms with Gasteiger partial charge in [0.15, 0.2) is 11.5 Å². The fourth-order valence-electron chi connectivity index (χ4n) is 2.06. The lowest BCUT2D eigenvalue weighted by atomic mass is 10.0. The van der Waals surface area contributed by atoms with Crippen molar-refractivity contribution in [1.29, 1.82) is 0 Å². The van der Waals surface area contributed by atoms with Crippen LogP contribution in [0.2, 0.25) is 0 Å². The van der Waals surface area contributed by atoms with Gasteiger partial charge in [-0.1, -0.05) is 6.07 Å². The Hall–Kier alpha value is -2.38. The number of hydrazine groups is 1. The second kappa shape index (κ2) is 6.87. The van der Waals surface area contributed by atoms with Crippen LogP contribution in [0.4, 0.5) is 0 Å². The first kappa shape index (κ1) is 15.0. The maximum atomic E-state index is 5.68. The molecule has 0 aliphatic rings. The van der Waals surface area contributed by atoms with Gasteiger partial charge in [0.2, 0.25) is 5.88 Å². The van der Waals surface area contributed by atoms with Crippen molar-refractivity contribution in [3.8, 4) is 17.4 Å².